The average molecular weight is 303 g/mol. The molecule has 0 saturated carbocycles. The number of rotatable bonds is 4. The van der Waals surface area contributed by atoms with Crippen LogP contribution in [0.15, 0.2) is 24.3 Å². The van der Waals surface area contributed by atoms with Crippen LogP contribution in [0.1, 0.15) is 44.6 Å². The molecule has 0 spiro atoms. The number of hydrogen-bond acceptors (Lipinski definition) is 3. The van der Waals surface area contributed by atoms with Crippen LogP contribution in [0.3, 0.4) is 0 Å². The first-order chi connectivity index (χ1) is 10.6. The fraction of sp³-hybridized carbons (Fsp3) is 0.611. The third kappa shape index (κ3) is 3.27. The van der Waals surface area contributed by atoms with Gasteiger partial charge in [-0.2, -0.15) is 0 Å². The highest BCUT2D eigenvalue weighted by atomic mass is 16.5. The molecule has 1 atom stereocenters. The molecule has 2 aliphatic rings. The van der Waals surface area contributed by atoms with Crippen LogP contribution >= 0.6 is 0 Å². The standard InChI is InChI=1S/C18H25NO3/c1-13(2)14-3-5-16(6-4-14)22-17-7-10-19(18(17)20)15-8-11-21-12-9-15/h3-6,13,15,17H,7-12H2,1-2H3. The lowest BCUT2D eigenvalue weighted by Gasteiger charge is -2.31. The van der Waals surface area contributed by atoms with Gasteiger partial charge in [-0.3, -0.25) is 4.79 Å². The molecular formula is C18H25NO3. The minimum atomic E-state index is -0.326. The molecule has 1 aromatic carbocycles. The quantitative estimate of drug-likeness (QED) is 0.858. The molecule has 2 saturated heterocycles. The first kappa shape index (κ1) is 15.3. The second-order valence-corrected chi connectivity index (χ2v) is 6.49. The van der Waals surface area contributed by atoms with Crippen molar-refractivity contribution in [1.82, 2.24) is 4.90 Å². The Labute approximate surface area is 132 Å². The Morgan fingerprint density at radius 2 is 1.82 bits per heavy atom. The van der Waals surface area contributed by atoms with Gasteiger partial charge in [-0.05, 0) is 36.5 Å². The number of likely N-dealkylation sites (tertiary alicyclic amines) is 1. The van der Waals surface area contributed by atoms with Gasteiger partial charge >= 0.3 is 0 Å². The van der Waals surface area contributed by atoms with Crippen molar-refractivity contribution < 1.29 is 14.3 Å². The zero-order chi connectivity index (χ0) is 15.5. The van der Waals surface area contributed by atoms with Crippen molar-refractivity contribution >= 4 is 5.91 Å². The normalized spacial score (nSPS) is 23.3. The molecule has 1 aromatic rings. The molecule has 0 aromatic heterocycles. The van der Waals surface area contributed by atoms with Crippen molar-refractivity contribution in [2.24, 2.45) is 0 Å². The Kier molecular flexibility index (Phi) is 4.67. The van der Waals surface area contributed by atoms with Crippen LogP contribution in [-0.2, 0) is 9.53 Å². The van der Waals surface area contributed by atoms with Gasteiger partial charge in [-0.15, -0.1) is 0 Å². The van der Waals surface area contributed by atoms with Gasteiger partial charge in [0.2, 0.25) is 0 Å². The smallest absolute Gasteiger partial charge is 0.263 e. The topological polar surface area (TPSA) is 38.8 Å². The van der Waals surface area contributed by atoms with Crippen molar-refractivity contribution in [3.05, 3.63) is 29.8 Å². The maximum Gasteiger partial charge on any atom is 0.263 e. The van der Waals surface area contributed by atoms with Crippen LogP contribution < -0.4 is 4.74 Å². The van der Waals surface area contributed by atoms with Crippen LogP contribution in [0.25, 0.3) is 0 Å². The summed E-state index contributed by atoms with van der Waals surface area (Å²) in [6, 6.07) is 8.43. The van der Waals surface area contributed by atoms with Gasteiger partial charge < -0.3 is 14.4 Å². The lowest BCUT2D eigenvalue weighted by atomic mass is 10.0. The van der Waals surface area contributed by atoms with Crippen molar-refractivity contribution in [3.63, 3.8) is 0 Å². The molecule has 120 valence electrons. The summed E-state index contributed by atoms with van der Waals surface area (Å²) in [5.41, 5.74) is 1.29. The lowest BCUT2D eigenvalue weighted by Crippen LogP contribution is -2.42. The molecular weight excluding hydrogens is 278 g/mol. The number of benzene rings is 1. The van der Waals surface area contributed by atoms with Gasteiger partial charge in [0.1, 0.15) is 5.75 Å². The number of carbonyl (C=O) groups excluding carboxylic acids is 1. The van der Waals surface area contributed by atoms with Crippen LogP contribution in [0, 0.1) is 0 Å². The van der Waals surface area contributed by atoms with E-state index < -0.39 is 0 Å². The van der Waals surface area contributed by atoms with E-state index in [4.69, 9.17) is 9.47 Å². The van der Waals surface area contributed by atoms with E-state index in [0.717, 1.165) is 44.8 Å². The van der Waals surface area contributed by atoms with E-state index in [9.17, 15) is 4.79 Å². The molecule has 2 heterocycles. The SMILES string of the molecule is CC(C)c1ccc(OC2CCN(C3CCOCC3)C2=O)cc1. The van der Waals surface area contributed by atoms with E-state index >= 15 is 0 Å². The highest BCUT2D eigenvalue weighted by Gasteiger charge is 2.37. The molecule has 4 heteroatoms. The molecule has 0 bridgehead atoms. The molecule has 1 unspecified atom stereocenters. The van der Waals surface area contributed by atoms with Crippen LogP contribution in [0.4, 0.5) is 0 Å². The molecule has 22 heavy (non-hydrogen) atoms. The summed E-state index contributed by atoms with van der Waals surface area (Å²) < 4.78 is 11.3. The van der Waals surface area contributed by atoms with Crippen molar-refractivity contribution in [1.29, 1.82) is 0 Å². The predicted molar refractivity (Wildman–Crippen MR) is 85.1 cm³/mol. The van der Waals surface area contributed by atoms with Crippen molar-refractivity contribution in [2.75, 3.05) is 19.8 Å². The second-order valence-electron chi connectivity index (χ2n) is 6.49. The minimum Gasteiger partial charge on any atom is -0.481 e. The Morgan fingerprint density at radius 1 is 1.14 bits per heavy atom. The number of hydrogen-bond donors (Lipinski definition) is 0. The minimum absolute atomic E-state index is 0.139. The van der Waals surface area contributed by atoms with E-state index in [-0.39, 0.29) is 12.0 Å². The zero-order valence-electron chi connectivity index (χ0n) is 13.5. The second kappa shape index (κ2) is 6.69. The lowest BCUT2D eigenvalue weighted by molar-refractivity contribution is -0.136. The summed E-state index contributed by atoms with van der Waals surface area (Å²) in [6.45, 7) is 6.66. The van der Waals surface area contributed by atoms with E-state index in [2.05, 4.69) is 26.0 Å². The van der Waals surface area contributed by atoms with E-state index in [1.807, 2.05) is 17.0 Å². The van der Waals surface area contributed by atoms with Gasteiger partial charge in [-0.1, -0.05) is 26.0 Å². The fourth-order valence-electron chi connectivity index (χ4n) is 3.24. The predicted octanol–water partition coefficient (Wildman–Crippen LogP) is 2.97. The zero-order valence-corrected chi connectivity index (χ0v) is 13.5. The molecule has 4 nitrogen and oxygen atoms in total. The maximum atomic E-state index is 12.5. The first-order valence-electron chi connectivity index (χ1n) is 8.30. The van der Waals surface area contributed by atoms with Crippen molar-refractivity contribution in [2.45, 2.75) is 51.2 Å². The number of ether oxygens (including phenoxy) is 2. The van der Waals surface area contributed by atoms with E-state index in [1.165, 1.54) is 5.56 Å². The fourth-order valence-corrected chi connectivity index (χ4v) is 3.24. The van der Waals surface area contributed by atoms with Gasteiger partial charge in [0, 0.05) is 32.2 Å². The van der Waals surface area contributed by atoms with Crippen LogP contribution in [0.2, 0.25) is 0 Å². The number of nitrogens with zero attached hydrogens (tertiary/aromatic N) is 1. The largest absolute Gasteiger partial charge is 0.481 e. The number of amides is 1. The van der Waals surface area contributed by atoms with E-state index in [1.54, 1.807) is 0 Å². The molecule has 2 fully saturated rings. The Balaban J connectivity index is 1.60. The average Bonchev–Trinajstić information content (AvgIpc) is 2.90. The molecule has 0 radical (unpaired) electrons. The van der Waals surface area contributed by atoms with Crippen molar-refractivity contribution in [3.8, 4) is 5.75 Å². The third-order valence-corrected chi connectivity index (χ3v) is 4.65. The number of carbonyl (C=O) groups is 1. The van der Waals surface area contributed by atoms with Crippen LogP contribution in [0.5, 0.6) is 5.75 Å². The van der Waals surface area contributed by atoms with Gasteiger partial charge in [0.05, 0.1) is 0 Å². The summed E-state index contributed by atoms with van der Waals surface area (Å²) in [7, 11) is 0. The third-order valence-electron chi connectivity index (χ3n) is 4.65. The summed E-state index contributed by atoms with van der Waals surface area (Å²) in [5.74, 6) is 1.43. The summed E-state index contributed by atoms with van der Waals surface area (Å²) >= 11 is 0. The maximum absolute atomic E-state index is 12.5. The van der Waals surface area contributed by atoms with Crippen LogP contribution in [-0.4, -0.2) is 42.7 Å². The Hall–Kier alpha value is -1.55. The summed E-state index contributed by atoms with van der Waals surface area (Å²) in [5, 5.41) is 0. The van der Waals surface area contributed by atoms with Gasteiger partial charge in [0.15, 0.2) is 6.10 Å². The van der Waals surface area contributed by atoms with E-state index in [0.29, 0.717) is 12.0 Å². The highest BCUT2D eigenvalue weighted by Crippen LogP contribution is 2.25. The molecule has 3 rings (SSSR count). The van der Waals surface area contributed by atoms with Gasteiger partial charge in [0.25, 0.3) is 5.91 Å². The first-order valence-corrected chi connectivity index (χ1v) is 8.30. The molecule has 2 aliphatic heterocycles. The monoisotopic (exact) mass is 303 g/mol. The Morgan fingerprint density at radius 3 is 2.45 bits per heavy atom. The summed E-state index contributed by atoms with van der Waals surface area (Å²) in [4.78, 5) is 14.5. The molecule has 0 N–H and O–H groups in total. The van der Waals surface area contributed by atoms with Gasteiger partial charge in [-0.25, -0.2) is 0 Å². The Bertz CT molecular complexity index is 506. The molecule has 1 amide bonds. The highest BCUT2D eigenvalue weighted by molar-refractivity contribution is 5.83. The summed E-state index contributed by atoms with van der Waals surface area (Å²) in [6.07, 6.45) is 2.35. The molecule has 0 aliphatic carbocycles.